The van der Waals surface area contributed by atoms with Crippen molar-refractivity contribution in [1.29, 1.82) is 0 Å². The molecule has 0 bridgehead atoms. The minimum Gasteiger partial charge on any atom is -0.354 e. The molecule has 0 aromatic heterocycles. The number of sulfonamides is 1. The predicted octanol–water partition coefficient (Wildman–Crippen LogP) is 2.69. The monoisotopic (exact) mass is 490 g/mol. The van der Waals surface area contributed by atoms with Crippen LogP contribution in [0.2, 0.25) is 0 Å². The van der Waals surface area contributed by atoms with Crippen molar-refractivity contribution in [2.45, 2.75) is 39.3 Å². The minimum absolute atomic E-state index is 0.00948. The second-order valence-corrected chi connectivity index (χ2v) is 9.78. The Hall–Kier alpha value is -3.47. The molecular formula is C23H30N4O6S. The van der Waals surface area contributed by atoms with E-state index in [4.69, 9.17) is 0 Å². The quantitative estimate of drug-likeness (QED) is 0.277. The first-order valence-corrected chi connectivity index (χ1v) is 12.7. The Morgan fingerprint density at radius 3 is 2.38 bits per heavy atom. The van der Waals surface area contributed by atoms with Gasteiger partial charge in [-0.25, -0.2) is 8.42 Å². The number of nitro benzene ring substituents is 1. The molecule has 0 spiro atoms. The molecule has 2 aromatic carbocycles. The van der Waals surface area contributed by atoms with Gasteiger partial charge < -0.3 is 10.2 Å². The van der Waals surface area contributed by atoms with Crippen molar-refractivity contribution in [3.8, 4) is 0 Å². The fourth-order valence-electron chi connectivity index (χ4n) is 3.27. The lowest BCUT2D eigenvalue weighted by Crippen LogP contribution is -2.51. The Morgan fingerprint density at radius 1 is 1.12 bits per heavy atom. The molecule has 0 heterocycles. The summed E-state index contributed by atoms with van der Waals surface area (Å²) in [4.78, 5) is 37.9. The van der Waals surface area contributed by atoms with Gasteiger partial charge in [0.1, 0.15) is 12.6 Å². The normalized spacial score (nSPS) is 12.0. The van der Waals surface area contributed by atoms with Crippen LogP contribution in [-0.2, 0) is 26.2 Å². The molecule has 2 aromatic rings. The number of hydrogen-bond donors (Lipinski definition) is 1. The van der Waals surface area contributed by atoms with E-state index < -0.39 is 33.4 Å². The Morgan fingerprint density at radius 2 is 1.79 bits per heavy atom. The number of carbonyl (C=O) groups is 2. The molecule has 0 fully saturated rings. The SMILES string of the molecule is CCCCNC(=O)C(C)N(Cc1ccccc1)C(=O)CN(c1cccc([N+](=O)[O-])c1)S(C)(=O)=O. The zero-order chi connectivity index (χ0) is 25.3. The van der Waals surface area contributed by atoms with Crippen molar-refractivity contribution in [3.63, 3.8) is 0 Å². The number of nitro groups is 1. The van der Waals surface area contributed by atoms with Crippen LogP contribution in [0.3, 0.4) is 0 Å². The number of nitrogens with zero attached hydrogens (tertiary/aromatic N) is 3. The smallest absolute Gasteiger partial charge is 0.271 e. The highest BCUT2D eigenvalue weighted by molar-refractivity contribution is 7.92. The molecule has 1 atom stereocenters. The molecule has 1 N–H and O–H groups in total. The number of hydrogen-bond acceptors (Lipinski definition) is 6. The van der Waals surface area contributed by atoms with E-state index in [-0.39, 0.29) is 23.8 Å². The number of anilines is 1. The number of non-ortho nitro benzene ring substituents is 1. The summed E-state index contributed by atoms with van der Waals surface area (Å²) in [5, 5.41) is 13.9. The van der Waals surface area contributed by atoms with E-state index in [0.717, 1.165) is 35.0 Å². The fraction of sp³-hybridized carbons (Fsp3) is 0.391. The van der Waals surface area contributed by atoms with Gasteiger partial charge in [0.25, 0.3) is 5.69 Å². The summed E-state index contributed by atoms with van der Waals surface area (Å²) in [5.41, 5.74) is 0.457. The highest BCUT2D eigenvalue weighted by Crippen LogP contribution is 2.23. The second-order valence-electron chi connectivity index (χ2n) is 7.87. The molecule has 10 nitrogen and oxygen atoms in total. The minimum atomic E-state index is -3.96. The molecule has 2 rings (SSSR count). The van der Waals surface area contributed by atoms with Crippen molar-refractivity contribution < 1.29 is 22.9 Å². The molecule has 0 aliphatic carbocycles. The van der Waals surface area contributed by atoms with Gasteiger partial charge in [-0.2, -0.15) is 0 Å². The van der Waals surface area contributed by atoms with E-state index in [1.165, 1.54) is 23.1 Å². The van der Waals surface area contributed by atoms with Gasteiger partial charge in [-0.15, -0.1) is 0 Å². The maximum atomic E-state index is 13.4. The van der Waals surface area contributed by atoms with Gasteiger partial charge in [0.15, 0.2) is 0 Å². The summed E-state index contributed by atoms with van der Waals surface area (Å²) in [6.45, 7) is 3.53. The lowest BCUT2D eigenvalue weighted by Gasteiger charge is -2.31. The van der Waals surface area contributed by atoms with E-state index >= 15 is 0 Å². The van der Waals surface area contributed by atoms with Crippen molar-refractivity contribution in [2.24, 2.45) is 0 Å². The first kappa shape index (κ1) is 26.8. The van der Waals surface area contributed by atoms with Crippen molar-refractivity contribution in [2.75, 3.05) is 23.7 Å². The van der Waals surface area contributed by atoms with Crippen LogP contribution in [0.1, 0.15) is 32.3 Å². The van der Waals surface area contributed by atoms with Crippen LogP contribution in [0.15, 0.2) is 54.6 Å². The number of carbonyl (C=O) groups excluding carboxylic acids is 2. The summed E-state index contributed by atoms with van der Waals surface area (Å²) in [6.07, 6.45) is 2.61. The highest BCUT2D eigenvalue weighted by atomic mass is 32.2. The highest BCUT2D eigenvalue weighted by Gasteiger charge is 2.30. The number of amides is 2. The number of nitrogens with one attached hydrogen (secondary N) is 1. The molecule has 11 heteroatoms. The van der Waals surface area contributed by atoms with Crippen LogP contribution < -0.4 is 9.62 Å². The number of benzene rings is 2. The van der Waals surface area contributed by atoms with Gasteiger partial charge in [0.2, 0.25) is 21.8 Å². The summed E-state index contributed by atoms with van der Waals surface area (Å²) in [5.74, 6) is -0.960. The average molecular weight is 491 g/mol. The zero-order valence-electron chi connectivity index (χ0n) is 19.5. The lowest BCUT2D eigenvalue weighted by atomic mass is 10.1. The van der Waals surface area contributed by atoms with Crippen LogP contribution in [-0.4, -0.2) is 55.4 Å². The Bertz CT molecular complexity index is 1110. The van der Waals surface area contributed by atoms with E-state index in [1.807, 2.05) is 13.0 Å². The molecule has 0 aliphatic heterocycles. The van der Waals surface area contributed by atoms with Gasteiger partial charge in [-0.3, -0.25) is 24.0 Å². The van der Waals surface area contributed by atoms with E-state index in [9.17, 15) is 28.1 Å². The van der Waals surface area contributed by atoms with Crippen LogP contribution >= 0.6 is 0 Å². The first-order chi connectivity index (χ1) is 16.0. The summed E-state index contributed by atoms with van der Waals surface area (Å²) in [6, 6.07) is 13.2. The van der Waals surface area contributed by atoms with E-state index in [1.54, 1.807) is 31.2 Å². The predicted molar refractivity (Wildman–Crippen MR) is 130 cm³/mol. The molecule has 2 amide bonds. The van der Waals surface area contributed by atoms with Gasteiger partial charge >= 0.3 is 0 Å². The largest absolute Gasteiger partial charge is 0.354 e. The molecule has 0 radical (unpaired) electrons. The summed E-state index contributed by atoms with van der Waals surface area (Å²) in [7, 11) is -3.96. The number of unbranched alkanes of at least 4 members (excludes halogenated alkanes) is 1. The third-order valence-electron chi connectivity index (χ3n) is 5.20. The second kappa shape index (κ2) is 12.1. The van der Waals surface area contributed by atoms with Crippen molar-refractivity contribution >= 4 is 33.2 Å². The molecule has 34 heavy (non-hydrogen) atoms. The van der Waals surface area contributed by atoms with Crippen LogP contribution in [0.25, 0.3) is 0 Å². The molecule has 0 saturated heterocycles. The first-order valence-electron chi connectivity index (χ1n) is 10.9. The van der Waals surface area contributed by atoms with Crippen LogP contribution in [0, 0.1) is 10.1 Å². The van der Waals surface area contributed by atoms with E-state index in [0.29, 0.717) is 6.54 Å². The summed E-state index contributed by atoms with van der Waals surface area (Å²) < 4.78 is 25.8. The van der Waals surface area contributed by atoms with Gasteiger partial charge in [-0.05, 0) is 25.0 Å². The Labute approximate surface area is 199 Å². The third-order valence-corrected chi connectivity index (χ3v) is 6.34. The molecular weight excluding hydrogens is 460 g/mol. The Balaban J connectivity index is 2.36. The number of rotatable bonds is 12. The maximum Gasteiger partial charge on any atom is 0.271 e. The summed E-state index contributed by atoms with van der Waals surface area (Å²) >= 11 is 0. The molecule has 0 saturated carbocycles. The van der Waals surface area contributed by atoms with Gasteiger partial charge in [0, 0.05) is 25.2 Å². The fourth-order valence-corrected chi connectivity index (χ4v) is 4.12. The van der Waals surface area contributed by atoms with Crippen molar-refractivity contribution in [3.05, 3.63) is 70.3 Å². The Kier molecular flexibility index (Phi) is 9.55. The van der Waals surface area contributed by atoms with E-state index in [2.05, 4.69) is 5.32 Å². The van der Waals surface area contributed by atoms with Crippen LogP contribution in [0.5, 0.6) is 0 Å². The zero-order valence-corrected chi connectivity index (χ0v) is 20.3. The average Bonchev–Trinajstić information content (AvgIpc) is 2.80. The third kappa shape index (κ3) is 7.55. The standard InChI is InChI=1S/C23H30N4O6S/c1-4-5-14-24-23(29)18(2)25(16-19-10-7-6-8-11-19)22(28)17-26(34(3,32)33)20-12-9-13-21(15-20)27(30)31/h6-13,15,18H,4-5,14,16-17H2,1-3H3,(H,24,29). The molecule has 0 aliphatic rings. The topological polar surface area (TPSA) is 130 Å². The maximum absolute atomic E-state index is 13.4. The lowest BCUT2D eigenvalue weighted by molar-refractivity contribution is -0.384. The molecule has 1 unspecified atom stereocenters. The van der Waals surface area contributed by atoms with Crippen LogP contribution in [0.4, 0.5) is 11.4 Å². The van der Waals surface area contributed by atoms with Gasteiger partial charge in [-0.1, -0.05) is 49.7 Å². The van der Waals surface area contributed by atoms with Crippen molar-refractivity contribution in [1.82, 2.24) is 10.2 Å². The molecule has 184 valence electrons. The van der Waals surface area contributed by atoms with Gasteiger partial charge in [0.05, 0.1) is 16.9 Å².